The molecule has 7 nitrogen and oxygen atoms in total. The van der Waals surface area contributed by atoms with E-state index in [2.05, 4.69) is 31.5 Å². The van der Waals surface area contributed by atoms with Crippen molar-refractivity contribution in [2.75, 3.05) is 26.7 Å². The summed E-state index contributed by atoms with van der Waals surface area (Å²) < 4.78 is 11.2. The Kier molecular flexibility index (Phi) is 5.05. The van der Waals surface area contributed by atoms with Crippen LogP contribution in [0.5, 0.6) is 5.75 Å². The van der Waals surface area contributed by atoms with Crippen molar-refractivity contribution < 1.29 is 19.1 Å². The predicted molar refractivity (Wildman–Crippen MR) is 89.9 cm³/mol. The fourth-order valence-electron chi connectivity index (χ4n) is 3.32. The average molecular weight is 398 g/mol. The molecular formula is C16H20BrN3O4. The minimum Gasteiger partial charge on any atom is -0.494 e. The summed E-state index contributed by atoms with van der Waals surface area (Å²) in [5.41, 5.74) is 0.0122. The van der Waals surface area contributed by atoms with Crippen LogP contribution in [-0.4, -0.2) is 49.7 Å². The third-order valence-electron chi connectivity index (χ3n) is 4.67. The molecule has 1 amide bonds. The van der Waals surface area contributed by atoms with E-state index in [1.807, 2.05) is 0 Å². The van der Waals surface area contributed by atoms with Crippen molar-refractivity contribution in [1.82, 2.24) is 15.6 Å². The number of piperidine rings is 1. The molecule has 2 N–H and O–H groups in total. The van der Waals surface area contributed by atoms with E-state index < -0.39 is 0 Å². The first-order valence-electron chi connectivity index (χ1n) is 7.94. The molecule has 1 aromatic heterocycles. The lowest BCUT2D eigenvalue weighted by Gasteiger charge is -2.29. The minimum atomic E-state index is -0.377. The molecule has 3 heterocycles. The second kappa shape index (κ2) is 7.06. The summed E-state index contributed by atoms with van der Waals surface area (Å²) in [4.78, 5) is 28.7. The van der Waals surface area contributed by atoms with Crippen LogP contribution in [-0.2, 0) is 9.53 Å². The highest BCUT2D eigenvalue weighted by Gasteiger charge is 2.49. The van der Waals surface area contributed by atoms with E-state index in [1.54, 1.807) is 6.07 Å². The number of hydrogen-bond donors (Lipinski definition) is 2. The fraction of sp³-hybridized carbons (Fsp3) is 0.562. The van der Waals surface area contributed by atoms with Crippen LogP contribution < -0.4 is 15.4 Å². The quantitative estimate of drug-likeness (QED) is 0.587. The molecule has 0 saturated carbocycles. The largest absolute Gasteiger partial charge is 0.494 e. The van der Waals surface area contributed by atoms with Crippen LogP contribution in [0.15, 0.2) is 16.9 Å². The number of ether oxygens (including phenoxy) is 2. The lowest BCUT2D eigenvalue weighted by Crippen LogP contribution is -2.39. The standard InChI is InChI=1S/C16H20BrN3O4/c1-23-12-9-19-13(17)6-11(12)14(21)20-8-10-7-16(15(22)24-10)2-4-18-5-3-16/h6,9-10,18H,2-5,7-8H2,1H3,(H,20,21). The van der Waals surface area contributed by atoms with Gasteiger partial charge in [-0.3, -0.25) is 9.59 Å². The molecule has 3 rings (SSSR count). The van der Waals surface area contributed by atoms with Crippen LogP contribution in [0.1, 0.15) is 29.6 Å². The number of carbonyl (C=O) groups is 2. The van der Waals surface area contributed by atoms with E-state index >= 15 is 0 Å². The van der Waals surface area contributed by atoms with Crippen molar-refractivity contribution in [1.29, 1.82) is 0 Å². The van der Waals surface area contributed by atoms with Crippen LogP contribution in [0, 0.1) is 5.41 Å². The molecule has 0 aliphatic carbocycles. The molecule has 1 atom stereocenters. The molecule has 1 spiro atoms. The topological polar surface area (TPSA) is 89.5 Å². The van der Waals surface area contributed by atoms with E-state index in [1.165, 1.54) is 13.3 Å². The Morgan fingerprint density at radius 2 is 2.29 bits per heavy atom. The molecule has 8 heteroatoms. The van der Waals surface area contributed by atoms with E-state index in [-0.39, 0.29) is 23.4 Å². The molecule has 1 aromatic rings. The van der Waals surface area contributed by atoms with E-state index in [4.69, 9.17) is 9.47 Å². The summed E-state index contributed by atoms with van der Waals surface area (Å²) in [7, 11) is 1.49. The van der Waals surface area contributed by atoms with Crippen molar-refractivity contribution >= 4 is 27.8 Å². The Labute approximate surface area is 148 Å². The van der Waals surface area contributed by atoms with Crippen LogP contribution >= 0.6 is 15.9 Å². The molecule has 2 fully saturated rings. The van der Waals surface area contributed by atoms with Gasteiger partial charge in [-0.1, -0.05) is 0 Å². The Bertz CT molecular complexity index is 646. The van der Waals surface area contributed by atoms with Gasteiger partial charge in [0.2, 0.25) is 0 Å². The maximum absolute atomic E-state index is 12.4. The Morgan fingerprint density at radius 1 is 1.54 bits per heavy atom. The lowest BCUT2D eigenvalue weighted by atomic mass is 9.76. The summed E-state index contributed by atoms with van der Waals surface area (Å²) in [6.07, 6.45) is 3.45. The molecule has 0 aromatic carbocycles. The zero-order chi connectivity index (χ0) is 17.2. The number of pyridine rings is 1. The summed E-state index contributed by atoms with van der Waals surface area (Å²) in [5.74, 6) is -0.0151. The number of aromatic nitrogens is 1. The first-order valence-corrected chi connectivity index (χ1v) is 8.73. The van der Waals surface area contributed by atoms with Crippen molar-refractivity contribution in [2.24, 2.45) is 5.41 Å². The van der Waals surface area contributed by atoms with Gasteiger partial charge in [-0.25, -0.2) is 4.98 Å². The number of esters is 1. The number of amides is 1. The lowest BCUT2D eigenvalue weighted by molar-refractivity contribution is -0.149. The number of hydrogen-bond acceptors (Lipinski definition) is 6. The smallest absolute Gasteiger partial charge is 0.312 e. The van der Waals surface area contributed by atoms with Gasteiger partial charge in [0.15, 0.2) is 0 Å². The summed E-state index contributed by atoms with van der Waals surface area (Å²) >= 11 is 3.25. The SMILES string of the molecule is COc1cnc(Br)cc1C(=O)NCC1CC2(CCNCC2)C(=O)O1. The number of halogens is 1. The summed E-state index contributed by atoms with van der Waals surface area (Å²) in [5, 5.41) is 6.08. The average Bonchev–Trinajstić information content (AvgIpc) is 2.88. The Hall–Kier alpha value is -1.67. The van der Waals surface area contributed by atoms with Crippen molar-refractivity contribution in [3.63, 3.8) is 0 Å². The normalized spacial score (nSPS) is 22.2. The van der Waals surface area contributed by atoms with Gasteiger partial charge >= 0.3 is 5.97 Å². The van der Waals surface area contributed by atoms with E-state index in [0.29, 0.717) is 28.9 Å². The first kappa shape index (κ1) is 17.2. The van der Waals surface area contributed by atoms with Crippen LogP contribution in [0.3, 0.4) is 0 Å². The van der Waals surface area contributed by atoms with Gasteiger partial charge in [0, 0.05) is 6.42 Å². The van der Waals surface area contributed by atoms with Crippen molar-refractivity contribution in [2.45, 2.75) is 25.4 Å². The number of rotatable bonds is 4. The van der Waals surface area contributed by atoms with Gasteiger partial charge in [-0.2, -0.15) is 0 Å². The molecule has 24 heavy (non-hydrogen) atoms. The zero-order valence-electron chi connectivity index (χ0n) is 13.4. The molecule has 2 saturated heterocycles. The molecule has 2 aliphatic heterocycles. The van der Waals surface area contributed by atoms with Crippen molar-refractivity contribution in [3.8, 4) is 5.75 Å². The van der Waals surface area contributed by atoms with E-state index in [0.717, 1.165) is 25.9 Å². The van der Waals surface area contributed by atoms with Crippen LogP contribution in [0.25, 0.3) is 0 Å². The zero-order valence-corrected chi connectivity index (χ0v) is 15.0. The van der Waals surface area contributed by atoms with Gasteiger partial charge in [0.05, 0.1) is 30.8 Å². The van der Waals surface area contributed by atoms with Gasteiger partial charge in [0.1, 0.15) is 16.5 Å². The molecule has 2 aliphatic rings. The highest BCUT2D eigenvalue weighted by atomic mass is 79.9. The number of cyclic esters (lactones) is 1. The maximum atomic E-state index is 12.4. The van der Waals surface area contributed by atoms with Crippen molar-refractivity contribution in [3.05, 3.63) is 22.4 Å². The van der Waals surface area contributed by atoms with E-state index in [9.17, 15) is 9.59 Å². The highest BCUT2D eigenvalue weighted by molar-refractivity contribution is 9.10. The predicted octanol–water partition coefficient (Wildman–Crippen LogP) is 1.27. The van der Waals surface area contributed by atoms with Crippen LogP contribution in [0.2, 0.25) is 0 Å². The van der Waals surface area contributed by atoms with Gasteiger partial charge in [0.25, 0.3) is 5.91 Å². The number of methoxy groups -OCH3 is 1. The summed E-state index contributed by atoms with van der Waals surface area (Å²) in [6, 6.07) is 1.60. The molecule has 0 bridgehead atoms. The molecular weight excluding hydrogens is 378 g/mol. The number of carbonyl (C=O) groups excluding carboxylic acids is 2. The second-order valence-corrected chi connectivity index (χ2v) is 6.99. The maximum Gasteiger partial charge on any atom is 0.312 e. The van der Waals surface area contributed by atoms with Gasteiger partial charge < -0.3 is 20.1 Å². The number of nitrogens with zero attached hydrogens (tertiary/aromatic N) is 1. The summed E-state index contributed by atoms with van der Waals surface area (Å²) in [6.45, 7) is 1.95. The minimum absolute atomic E-state index is 0.132. The monoisotopic (exact) mass is 397 g/mol. The molecule has 1 unspecified atom stereocenters. The van der Waals surface area contributed by atoms with Gasteiger partial charge in [-0.05, 0) is 47.9 Å². The van der Waals surface area contributed by atoms with Gasteiger partial charge in [-0.15, -0.1) is 0 Å². The third-order valence-corrected chi connectivity index (χ3v) is 5.11. The Morgan fingerprint density at radius 3 is 3.00 bits per heavy atom. The molecule has 130 valence electrons. The Balaban J connectivity index is 1.61. The van der Waals surface area contributed by atoms with Crippen LogP contribution in [0.4, 0.5) is 0 Å². The third kappa shape index (κ3) is 3.39. The second-order valence-electron chi connectivity index (χ2n) is 6.18. The highest BCUT2D eigenvalue weighted by Crippen LogP contribution is 2.41. The molecule has 0 radical (unpaired) electrons. The first-order chi connectivity index (χ1) is 11.5. The number of nitrogens with one attached hydrogen (secondary N) is 2. The fourth-order valence-corrected chi connectivity index (χ4v) is 3.66.